The lowest BCUT2D eigenvalue weighted by Crippen LogP contribution is -2.41. The van der Waals surface area contributed by atoms with Crippen LogP contribution in [0, 0.1) is 5.41 Å². The maximum atomic E-state index is 10.9. The van der Waals surface area contributed by atoms with E-state index < -0.39 is 49.1 Å². The SMILES string of the molecule is O=C(O)[C@@H]1CC(CO)(C(=O)O)CN1C(=O)O. The van der Waals surface area contributed by atoms with E-state index in [0.29, 0.717) is 4.90 Å². The van der Waals surface area contributed by atoms with Crippen molar-refractivity contribution in [1.29, 1.82) is 0 Å². The average Bonchev–Trinajstić information content (AvgIpc) is 2.58. The van der Waals surface area contributed by atoms with Crippen LogP contribution in [-0.2, 0) is 9.59 Å². The number of rotatable bonds is 3. The Bertz CT molecular complexity index is 317. The van der Waals surface area contributed by atoms with Gasteiger partial charge in [-0.05, 0) is 6.42 Å². The lowest BCUT2D eigenvalue weighted by atomic mass is 9.86. The first kappa shape index (κ1) is 12.2. The van der Waals surface area contributed by atoms with Gasteiger partial charge in [-0.1, -0.05) is 0 Å². The number of carboxylic acid groups (broad SMARTS) is 3. The molecule has 0 radical (unpaired) electrons. The van der Waals surface area contributed by atoms with Gasteiger partial charge in [0, 0.05) is 6.54 Å². The van der Waals surface area contributed by atoms with Crippen LogP contribution < -0.4 is 0 Å². The monoisotopic (exact) mass is 233 g/mol. The second-order valence-electron chi connectivity index (χ2n) is 3.71. The highest BCUT2D eigenvalue weighted by Crippen LogP contribution is 2.35. The number of amides is 1. The largest absolute Gasteiger partial charge is 0.481 e. The number of hydrogen-bond donors (Lipinski definition) is 4. The molecule has 0 aliphatic carbocycles. The molecule has 1 amide bonds. The second kappa shape index (κ2) is 3.97. The Hall–Kier alpha value is -1.83. The number of aliphatic hydroxyl groups is 1. The molecule has 1 aliphatic rings. The Balaban J connectivity index is 3.03. The summed E-state index contributed by atoms with van der Waals surface area (Å²) in [6.07, 6.45) is -1.94. The maximum Gasteiger partial charge on any atom is 0.408 e. The fourth-order valence-electron chi connectivity index (χ4n) is 1.74. The summed E-state index contributed by atoms with van der Waals surface area (Å²) in [5.74, 6) is -2.82. The molecule has 90 valence electrons. The van der Waals surface area contributed by atoms with Crippen molar-refractivity contribution in [3.63, 3.8) is 0 Å². The maximum absolute atomic E-state index is 10.9. The highest BCUT2D eigenvalue weighted by atomic mass is 16.4. The second-order valence-corrected chi connectivity index (χ2v) is 3.71. The van der Waals surface area contributed by atoms with E-state index in [0.717, 1.165) is 0 Å². The molecule has 1 saturated heterocycles. The summed E-state index contributed by atoms with van der Waals surface area (Å²) >= 11 is 0. The van der Waals surface area contributed by atoms with Crippen molar-refractivity contribution in [2.24, 2.45) is 5.41 Å². The molecule has 1 unspecified atom stereocenters. The third kappa shape index (κ3) is 1.78. The van der Waals surface area contributed by atoms with Crippen LogP contribution in [0.25, 0.3) is 0 Å². The molecule has 8 heteroatoms. The number of carbonyl (C=O) groups is 3. The van der Waals surface area contributed by atoms with Crippen LogP contribution in [-0.4, -0.2) is 62.6 Å². The molecule has 0 bridgehead atoms. The van der Waals surface area contributed by atoms with Gasteiger partial charge in [-0.25, -0.2) is 9.59 Å². The van der Waals surface area contributed by atoms with Crippen molar-refractivity contribution in [3.05, 3.63) is 0 Å². The Morgan fingerprint density at radius 2 is 1.81 bits per heavy atom. The van der Waals surface area contributed by atoms with Gasteiger partial charge in [0.05, 0.1) is 6.61 Å². The van der Waals surface area contributed by atoms with E-state index in [2.05, 4.69) is 0 Å². The van der Waals surface area contributed by atoms with Gasteiger partial charge in [-0.3, -0.25) is 9.69 Å². The number of carboxylic acids is 2. The van der Waals surface area contributed by atoms with Crippen molar-refractivity contribution in [3.8, 4) is 0 Å². The highest BCUT2D eigenvalue weighted by Gasteiger charge is 2.53. The first-order valence-corrected chi connectivity index (χ1v) is 4.41. The molecular weight excluding hydrogens is 222 g/mol. The number of likely N-dealkylation sites (tertiary alicyclic amines) is 1. The Kier molecular flexibility index (Phi) is 3.04. The van der Waals surface area contributed by atoms with Crippen molar-refractivity contribution >= 4 is 18.0 Å². The Labute approximate surface area is 89.7 Å². The van der Waals surface area contributed by atoms with Crippen LogP contribution >= 0.6 is 0 Å². The number of hydrogen-bond acceptors (Lipinski definition) is 4. The fourth-order valence-corrected chi connectivity index (χ4v) is 1.74. The smallest absolute Gasteiger partial charge is 0.408 e. The van der Waals surface area contributed by atoms with E-state index in [9.17, 15) is 14.4 Å². The molecule has 0 saturated carbocycles. The highest BCUT2D eigenvalue weighted by molar-refractivity contribution is 5.84. The minimum absolute atomic E-state index is 0.430. The summed E-state index contributed by atoms with van der Waals surface area (Å²) in [4.78, 5) is 32.9. The summed E-state index contributed by atoms with van der Waals surface area (Å²) in [6.45, 7) is -1.32. The van der Waals surface area contributed by atoms with Crippen LogP contribution in [0.3, 0.4) is 0 Å². The summed E-state index contributed by atoms with van der Waals surface area (Å²) < 4.78 is 0. The minimum atomic E-state index is -1.72. The molecule has 0 aromatic rings. The van der Waals surface area contributed by atoms with E-state index in [-0.39, 0.29) is 0 Å². The number of nitrogens with zero attached hydrogens (tertiary/aromatic N) is 1. The van der Waals surface area contributed by atoms with Crippen molar-refractivity contribution in [1.82, 2.24) is 4.90 Å². The van der Waals surface area contributed by atoms with Crippen LogP contribution in [0.5, 0.6) is 0 Å². The molecule has 0 aromatic heterocycles. The van der Waals surface area contributed by atoms with Crippen molar-refractivity contribution in [2.45, 2.75) is 12.5 Å². The minimum Gasteiger partial charge on any atom is -0.481 e. The van der Waals surface area contributed by atoms with Gasteiger partial charge in [-0.15, -0.1) is 0 Å². The Morgan fingerprint density at radius 1 is 1.25 bits per heavy atom. The van der Waals surface area contributed by atoms with Crippen LogP contribution in [0.2, 0.25) is 0 Å². The van der Waals surface area contributed by atoms with Gasteiger partial charge >= 0.3 is 18.0 Å². The first-order valence-electron chi connectivity index (χ1n) is 4.41. The van der Waals surface area contributed by atoms with Gasteiger partial charge in [0.15, 0.2) is 0 Å². The van der Waals surface area contributed by atoms with Gasteiger partial charge in [0.1, 0.15) is 11.5 Å². The molecule has 16 heavy (non-hydrogen) atoms. The molecule has 2 atom stereocenters. The lowest BCUT2D eigenvalue weighted by Gasteiger charge is -2.20. The molecule has 0 spiro atoms. The number of aliphatic hydroxyl groups excluding tert-OH is 1. The van der Waals surface area contributed by atoms with Crippen LogP contribution in [0.4, 0.5) is 4.79 Å². The van der Waals surface area contributed by atoms with Gasteiger partial charge in [0.2, 0.25) is 0 Å². The third-order valence-corrected chi connectivity index (χ3v) is 2.72. The summed E-state index contributed by atoms with van der Waals surface area (Å²) in [6, 6.07) is -1.43. The quantitative estimate of drug-likeness (QED) is 0.485. The fraction of sp³-hybridized carbons (Fsp3) is 0.625. The van der Waals surface area contributed by atoms with Crippen LogP contribution in [0.1, 0.15) is 6.42 Å². The van der Waals surface area contributed by atoms with Gasteiger partial charge < -0.3 is 20.4 Å². The van der Waals surface area contributed by atoms with Gasteiger partial charge in [-0.2, -0.15) is 0 Å². The zero-order valence-corrected chi connectivity index (χ0v) is 8.16. The Morgan fingerprint density at radius 3 is 2.06 bits per heavy atom. The standard InChI is InChI=1S/C8H11NO7/c10-3-8(6(13)14)1-4(5(11)12)9(2-8)7(15)16/h4,10H,1-3H2,(H,11,12)(H,13,14)(H,15,16)/t4-,8?/m0/s1. The molecular formula is C8H11NO7. The van der Waals surface area contributed by atoms with E-state index in [4.69, 9.17) is 20.4 Å². The normalized spacial score (nSPS) is 29.1. The molecule has 1 fully saturated rings. The van der Waals surface area contributed by atoms with E-state index in [1.54, 1.807) is 0 Å². The zero-order chi connectivity index (χ0) is 12.5. The molecule has 1 heterocycles. The molecule has 1 rings (SSSR count). The van der Waals surface area contributed by atoms with Crippen molar-refractivity contribution < 1.29 is 34.8 Å². The first-order chi connectivity index (χ1) is 7.34. The van der Waals surface area contributed by atoms with Crippen molar-refractivity contribution in [2.75, 3.05) is 13.2 Å². The number of aliphatic carboxylic acids is 2. The molecule has 4 N–H and O–H groups in total. The predicted octanol–water partition coefficient (Wildman–Crippen LogP) is -1.11. The molecule has 0 aromatic carbocycles. The summed E-state index contributed by atoms with van der Waals surface area (Å²) in [5, 5.41) is 35.4. The molecule has 8 nitrogen and oxygen atoms in total. The zero-order valence-electron chi connectivity index (χ0n) is 8.16. The van der Waals surface area contributed by atoms with Crippen LogP contribution in [0.15, 0.2) is 0 Å². The molecule has 1 aliphatic heterocycles. The van der Waals surface area contributed by atoms with E-state index >= 15 is 0 Å². The van der Waals surface area contributed by atoms with E-state index in [1.807, 2.05) is 0 Å². The summed E-state index contributed by atoms with van der Waals surface area (Å²) in [7, 11) is 0. The lowest BCUT2D eigenvalue weighted by molar-refractivity contribution is -0.150. The van der Waals surface area contributed by atoms with Gasteiger partial charge in [0.25, 0.3) is 0 Å². The predicted molar refractivity (Wildman–Crippen MR) is 47.9 cm³/mol. The third-order valence-electron chi connectivity index (χ3n) is 2.72. The summed E-state index contributed by atoms with van der Waals surface area (Å²) in [5.41, 5.74) is -1.72. The average molecular weight is 233 g/mol. The van der Waals surface area contributed by atoms with E-state index in [1.165, 1.54) is 0 Å². The topological polar surface area (TPSA) is 135 Å².